The fraction of sp³-hybridized carbons (Fsp3) is 0.600. The van der Waals surface area contributed by atoms with Gasteiger partial charge in [0.2, 0.25) is 5.91 Å². The molecule has 21 heavy (non-hydrogen) atoms. The smallest absolute Gasteiger partial charge is 0.264 e. The largest absolute Gasteiger partial charge is 0.372 e. The number of hydrogen-bond acceptors (Lipinski definition) is 4. The fourth-order valence-corrected chi connectivity index (χ4v) is 4.03. The number of thiophene rings is 1. The molecule has 1 aromatic rings. The van der Waals surface area contributed by atoms with Crippen molar-refractivity contribution in [2.75, 3.05) is 20.1 Å². The predicted molar refractivity (Wildman–Crippen MR) is 80.4 cm³/mol. The highest BCUT2D eigenvalue weighted by molar-refractivity contribution is 7.12. The van der Waals surface area contributed by atoms with Crippen molar-refractivity contribution in [1.82, 2.24) is 10.2 Å². The van der Waals surface area contributed by atoms with Gasteiger partial charge in [-0.2, -0.15) is 0 Å². The highest BCUT2D eigenvalue weighted by Gasteiger charge is 2.44. The van der Waals surface area contributed by atoms with Crippen molar-refractivity contribution in [1.29, 1.82) is 0 Å². The minimum atomic E-state index is 0.00110. The van der Waals surface area contributed by atoms with E-state index in [-0.39, 0.29) is 24.0 Å². The van der Waals surface area contributed by atoms with Crippen LogP contribution in [0.4, 0.5) is 0 Å². The maximum Gasteiger partial charge on any atom is 0.264 e. The van der Waals surface area contributed by atoms with E-state index >= 15 is 0 Å². The third-order valence-electron chi connectivity index (χ3n) is 4.23. The van der Waals surface area contributed by atoms with Gasteiger partial charge in [-0.15, -0.1) is 11.3 Å². The zero-order valence-corrected chi connectivity index (χ0v) is 13.1. The van der Waals surface area contributed by atoms with Crippen molar-refractivity contribution in [3.8, 4) is 0 Å². The van der Waals surface area contributed by atoms with E-state index in [9.17, 15) is 9.59 Å². The zero-order chi connectivity index (χ0) is 15.0. The lowest BCUT2D eigenvalue weighted by Crippen LogP contribution is -2.32. The Hall–Kier alpha value is -1.40. The van der Waals surface area contributed by atoms with E-state index in [1.165, 1.54) is 11.3 Å². The standard InChI is InChI=1S/C15H20N2O3S/c1-9-3-13(21-8-9)15(19)17-6-10-4-11(5-14(18)16-2)20-12(10)7-17/h3,8,10-12H,4-7H2,1-2H3,(H,16,18)/t10-,11+,12+/m0/s1. The first-order valence-corrected chi connectivity index (χ1v) is 8.15. The van der Waals surface area contributed by atoms with Gasteiger partial charge in [0.1, 0.15) is 0 Å². The Morgan fingerprint density at radius 2 is 2.29 bits per heavy atom. The van der Waals surface area contributed by atoms with Gasteiger partial charge in [-0.25, -0.2) is 0 Å². The number of aryl methyl sites for hydroxylation is 1. The Morgan fingerprint density at radius 1 is 1.48 bits per heavy atom. The number of carbonyl (C=O) groups is 2. The number of carbonyl (C=O) groups excluding carboxylic acids is 2. The summed E-state index contributed by atoms with van der Waals surface area (Å²) in [6, 6.07) is 1.94. The molecule has 2 aliphatic rings. The Kier molecular flexibility index (Phi) is 3.99. The lowest BCUT2D eigenvalue weighted by atomic mass is 10.0. The molecule has 2 fully saturated rings. The monoisotopic (exact) mass is 308 g/mol. The topological polar surface area (TPSA) is 58.6 Å². The number of amides is 2. The summed E-state index contributed by atoms with van der Waals surface area (Å²) in [5, 5.41) is 4.63. The molecule has 2 aliphatic heterocycles. The number of likely N-dealkylation sites (tertiary alicyclic amines) is 1. The summed E-state index contributed by atoms with van der Waals surface area (Å²) in [4.78, 5) is 26.5. The van der Waals surface area contributed by atoms with Gasteiger partial charge in [-0.3, -0.25) is 9.59 Å². The molecule has 0 aliphatic carbocycles. The second-order valence-corrected chi connectivity index (χ2v) is 6.78. The first-order valence-electron chi connectivity index (χ1n) is 7.27. The molecule has 0 unspecified atom stereocenters. The van der Waals surface area contributed by atoms with Crippen LogP contribution in [0.15, 0.2) is 11.4 Å². The minimum Gasteiger partial charge on any atom is -0.372 e. The lowest BCUT2D eigenvalue weighted by Gasteiger charge is -2.18. The summed E-state index contributed by atoms with van der Waals surface area (Å²) in [5.74, 6) is 0.487. The summed E-state index contributed by atoms with van der Waals surface area (Å²) < 4.78 is 5.93. The first kappa shape index (κ1) is 14.5. The number of nitrogens with one attached hydrogen (secondary N) is 1. The Bertz CT molecular complexity index is 543. The number of fused-ring (bicyclic) bond motifs is 1. The first-order chi connectivity index (χ1) is 10.1. The summed E-state index contributed by atoms with van der Waals surface area (Å²) >= 11 is 1.50. The van der Waals surface area contributed by atoms with Gasteiger partial charge in [0.25, 0.3) is 5.91 Å². The van der Waals surface area contributed by atoms with Crippen molar-refractivity contribution < 1.29 is 14.3 Å². The van der Waals surface area contributed by atoms with Crippen molar-refractivity contribution in [2.24, 2.45) is 5.92 Å². The molecule has 1 N–H and O–H groups in total. The molecule has 3 atom stereocenters. The van der Waals surface area contributed by atoms with E-state index in [4.69, 9.17) is 4.74 Å². The van der Waals surface area contributed by atoms with Gasteiger partial charge in [0.15, 0.2) is 0 Å². The highest BCUT2D eigenvalue weighted by atomic mass is 32.1. The molecule has 0 aromatic carbocycles. The van der Waals surface area contributed by atoms with Crippen molar-refractivity contribution in [2.45, 2.75) is 32.0 Å². The second kappa shape index (κ2) is 5.77. The molecule has 0 radical (unpaired) electrons. The van der Waals surface area contributed by atoms with Gasteiger partial charge in [0, 0.05) is 26.1 Å². The Balaban J connectivity index is 1.57. The molecular formula is C15H20N2O3S. The van der Waals surface area contributed by atoms with Crippen LogP contribution in [-0.2, 0) is 9.53 Å². The number of nitrogens with zero attached hydrogens (tertiary/aromatic N) is 1. The van der Waals surface area contributed by atoms with Crippen LogP contribution in [0.3, 0.4) is 0 Å². The molecule has 0 bridgehead atoms. The maximum atomic E-state index is 12.4. The van der Waals surface area contributed by atoms with Crippen LogP contribution >= 0.6 is 11.3 Å². The third-order valence-corrected chi connectivity index (χ3v) is 5.27. The predicted octanol–water partition coefficient (Wildman–Crippen LogP) is 1.42. The molecular weight excluding hydrogens is 288 g/mol. The summed E-state index contributed by atoms with van der Waals surface area (Å²) in [6.07, 6.45) is 1.37. The van der Waals surface area contributed by atoms with E-state index in [1.54, 1.807) is 7.05 Å². The number of ether oxygens (including phenoxy) is 1. The van der Waals surface area contributed by atoms with Gasteiger partial charge in [-0.1, -0.05) is 0 Å². The molecule has 3 heterocycles. The van der Waals surface area contributed by atoms with E-state index in [0.717, 1.165) is 23.4 Å². The molecule has 0 saturated carbocycles. The lowest BCUT2D eigenvalue weighted by molar-refractivity contribution is -0.123. The highest BCUT2D eigenvalue weighted by Crippen LogP contribution is 2.35. The normalized spacial score (nSPS) is 27.7. The molecule has 6 heteroatoms. The van der Waals surface area contributed by atoms with Crippen LogP contribution < -0.4 is 5.32 Å². The van der Waals surface area contributed by atoms with Crippen LogP contribution in [0.25, 0.3) is 0 Å². The molecule has 3 rings (SSSR count). The van der Waals surface area contributed by atoms with Crippen molar-refractivity contribution in [3.63, 3.8) is 0 Å². The van der Waals surface area contributed by atoms with Gasteiger partial charge >= 0.3 is 0 Å². The maximum absolute atomic E-state index is 12.4. The van der Waals surface area contributed by atoms with Crippen LogP contribution in [-0.4, -0.2) is 49.1 Å². The Morgan fingerprint density at radius 3 is 2.90 bits per heavy atom. The summed E-state index contributed by atoms with van der Waals surface area (Å²) in [5.41, 5.74) is 1.13. The molecule has 1 aromatic heterocycles. The third kappa shape index (κ3) is 2.96. The van der Waals surface area contributed by atoms with Gasteiger partial charge in [0.05, 0.1) is 23.5 Å². The zero-order valence-electron chi connectivity index (χ0n) is 12.3. The molecule has 114 valence electrons. The molecule has 2 amide bonds. The molecule has 5 nitrogen and oxygen atoms in total. The van der Waals surface area contributed by atoms with Crippen molar-refractivity contribution in [3.05, 3.63) is 21.9 Å². The van der Waals surface area contributed by atoms with Crippen molar-refractivity contribution >= 4 is 23.2 Å². The minimum absolute atomic E-state index is 0.00110. The molecule has 0 spiro atoms. The van der Waals surface area contributed by atoms with Gasteiger partial charge in [-0.05, 0) is 30.4 Å². The van der Waals surface area contributed by atoms with Gasteiger partial charge < -0.3 is 15.0 Å². The van der Waals surface area contributed by atoms with E-state index in [1.807, 2.05) is 23.3 Å². The average Bonchev–Trinajstić information content (AvgIpc) is 3.12. The summed E-state index contributed by atoms with van der Waals surface area (Å²) in [7, 11) is 1.64. The van der Waals surface area contributed by atoms with E-state index in [2.05, 4.69) is 5.32 Å². The van der Waals surface area contributed by atoms with Crippen LogP contribution in [0, 0.1) is 12.8 Å². The van der Waals surface area contributed by atoms with Crippen LogP contribution in [0.2, 0.25) is 0 Å². The number of hydrogen-bond donors (Lipinski definition) is 1. The molecule has 2 saturated heterocycles. The second-order valence-electron chi connectivity index (χ2n) is 5.87. The summed E-state index contributed by atoms with van der Waals surface area (Å²) in [6.45, 7) is 3.38. The van der Waals surface area contributed by atoms with Crippen LogP contribution in [0.5, 0.6) is 0 Å². The van der Waals surface area contributed by atoms with E-state index < -0.39 is 0 Å². The fourth-order valence-electron chi connectivity index (χ4n) is 3.17. The average molecular weight is 308 g/mol. The van der Waals surface area contributed by atoms with Crippen LogP contribution in [0.1, 0.15) is 28.1 Å². The Labute approximate surface area is 128 Å². The number of rotatable bonds is 3. The van der Waals surface area contributed by atoms with E-state index in [0.29, 0.717) is 18.9 Å². The SMILES string of the molecule is CNC(=O)C[C@H]1C[C@H]2CN(C(=O)c3cc(C)cs3)C[C@H]2O1. The quantitative estimate of drug-likeness (QED) is 0.919.